The van der Waals surface area contributed by atoms with Gasteiger partial charge in [0.05, 0.1) is 5.92 Å². The molecule has 5 heteroatoms. The van der Waals surface area contributed by atoms with Crippen LogP contribution in [0.5, 0.6) is 0 Å². The van der Waals surface area contributed by atoms with Gasteiger partial charge in [-0.2, -0.15) is 0 Å². The Morgan fingerprint density at radius 1 is 1.00 bits per heavy atom. The number of nitrogens with zero attached hydrogens (tertiary/aromatic N) is 2. The zero-order valence-corrected chi connectivity index (χ0v) is 19.4. The van der Waals surface area contributed by atoms with Gasteiger partial charge in [-0.15, -0.1) is 0 Å². The Bertz CT molecular complexity index is 1190. The zero-order chi connectivity index (χ0) is 22.9. The summed E-state index contributed by atoms with van der Waals surface area (Å²) in [6, 6.07) is 21.2. The molecule has 3 aromatic rings. The Kier molecular flexibility index (Phi) is 5.90. The number of fused-ring (bicyclic) bond motifs is 2. The Balaban J connectivity index is 1.31. The molecule has 2 aliphatic rings. The van der Waals surface area contributed by atoms with Crippen LogP contribution in [0.3, 0.4) is 0 Å². The first-order valence-corrected chi connectivity index (χ1v) is 11.9. The molecule has 1 saturated heterocycles. The van der Waals surface area contributed by atoms with Crippen LogP contribution in [-0.4, -0.2) is 42.9 Å². The van der Waals surface area contributed by atoms with Crippen LogP contribution in [0.1, 0.15) is 41.9 Å². The molecular weight excluding hydrogens is 410 g/mol. The first-order valence-electron chi connectivity index (χ1n) is 11.9. The van der Waals surface area contributed by atoms with Gasteiger partial charge in [0.25, 0.3) is 0 Å². The molecule has 1 N–H and O–H groups in total. The molecular formula is C28H31N3O2. The molecule has 5 rings (SSSR count). The fraction of sp³-hybridized carbons (Fsp3) is 0.357. The van der Waals surface area contributed by atoms with Gasteiger partial charge in [-0.3, -0.25) is 14.5 Å². The third-order valence-corrected chi connectivity index (χ3v) is 7.29. The summed E-state index contributed by atoms with van der Waals surface area (Å²) in [4.78, 5) is 29.9. The molecule has 1 fully saturated rings. The van der Waals surface area contributed by atoms with Gasteiger partial charge in [0, 0.05) is 44.8 Å². The maximum Gasteiger partial charge on any atom is 0.235 e. The van der Waals surface area contributed by atoms with Gasteiger partial charge >= 0.3 is 0 Å². The summed E-state index contributed by atoms with van der Waals surface area (Å²) in [5.41, 5.74) is 4.66. The van der Waals surface area contributed by atoms with E-state index in [1.807, 2.05) is 29.2 Å². The van der Waals surface area contributed by atoms with Crippen LogP contribution in [-0.2, 0) is 16.1 Å². The molecule has 0 bridgehead atoms. The molecule has 0 radical (unpaired) electrons. The molecule has 0 aromatic heterocycles. The number of amides is 2. The van der Waals surface area contributed by atoms with Crippen molar-refractivity contribution in [2.75, 3.05) is 25.0 Å². The lowest BCUT2D eigenvalue weighted by atomic mass is 9.97. The van der Waals surface area contributed by atoms with Crippen LogP contribution in [0, 0.1) is 6.92 Å². The topological polar surface area (TPSA) is 52.7 Å². The first kappa shape index (κ1) is 21.7. The number of carbonyl (C=O) groups is 2. The Morgan fingerprint density at radius 2 is 1.73 bits per heavy atom. The largest absolute Gasteiger partial charge is 0.359 e. The molecule has 170 valence electrons. The van der Waals surface area contributed by atoms with Gasteiger partial charge in [-0.1, -0.05) is 54.6 Å². The van der Waals surface area contributed by atoms with E-state index in [0.29, 0.717) is 0 Å². The predicted octanol–water partition coefficient (Wildman–Crippen LogP) is 4.38. The lowest BCUT2D eigenvalue weighted by Crippen LogP contribution is -2.46. The number of aryl methyl sites for hydroxylation is 1. The third kappa shape index (κ3) is 4.02. The number of carbonyl (C=O) groups excluding carboxylic acids is 2. The van der Waals surface area contributed by atoms with Crippen LogP contribution in [0.4, 0.5) is 5.69 Å². The Morgan fingerprint density at radius 3 is 2.48 bits per heavy atom. The van der Waals surface area contributed by atoms with E-state index in [9.17, 15) is 9.59 Å². The number of para-hydroxylation sites is 1. The lowest BCUT2D eigenvalue weighted by Gasteiger charge is -2.37. The lowest BCUT2D eigenvalue weighted by molar-refractivity contribution is -0.126. The Labute approximate surface area is 195 Å². The van der Waals surface area contributed by atoms with Crippen LogP contribution in [0.15, 0.2) is 60.7 Å². The molecule has 1 atom stereocenters. The van der Waals surface area contributed by atoms with Gasteiger partial charge in [0.1, 0.15) is 0 Å². The van der Waals surface area contributed by atoms with Crippen LogP contribution < -0.4 is 10.2 Å². The van der Waals surface area contributed by atoms with Crippen molar-refractivity contribution in [2.24, 2.45) is 0 Å². The summed E-state index contributed by atoms with van der Waals surface area (Å²) in [6.07, 6.45) is 2.09. The molecule has 3 aromatic carbocycles. The average molecular weight is 442 g/mol. The fourth-order valence-corrected chi connectivity index (χ4v) is 5.61. The molecule has 33 heavy (non-hydrogen) atoms. The highest BCUT2D eigenvalue weighted by Crippen LogP contribution is 2.41. The molecule has 2 amide bonds. The van der Waals surface area contributed by atoms with Crippen LogP contribution in [0.2, 0.25) is 0 Å². The van der Waals surface area contributed by atoms with E-state index in [4.69, 9.17) is 0 Å². The van der Waals surface area contributed by atoms with Crippen LogP contribution >= 0.6 is 0 Å². The number of likely N-dealkylation sites (tertiary alicyclic amines) is 1. The number of rotatable bonds is 5. The van der Waals surface area contributed by atoms with Crippen molar-refractivity contribution in [1.29, 1.82) is 0 Å². The number of piperidine rings is 1. The van der Waals surface area contributed by atoms with E-state index in [2.05, 4.69) is 53.5 Å². The smallest absolute Gasteiger partial charge is 0.235 e. The van der Waals surface area contributed by atoms with E-state index in [1.165, 1.54) is 21.9 Å². The normalized spacial score (nSPS) is 19.2. The van der Waals surface area contributed by atoms with Crippen molar-refractivity contribution in [1.82, 2.24) is 10.2 Å². The highest BCUT2D eigenvalue weighted by molar-refractivity contribution is 6.07. The summed E-state index contributed by atoms with van der Waals surface area (Å²) in [5, 5.41) is 5.33. The zero-order valence-electron chi connectivity index (χ0n) is 19.4. The summed E-state index contributed by atoms with van der Waals surface area (Å²) in [5.74, 6) is -0.397. The highest BCUT2D eigenvalue weighted by Gasteiger charge is 2.42. The van der Waals surface area contributed by atoms with Gasteiger partial charge < -0.3 is 10.2 Å². The molecule has 1 unspecified atom stereocenters. The molecule has 0 saturated carbocycles. The summed E-state index contributed by atoms with van der Waals surface area (Å²) in [7, 11) is 1.62. The van der Waals surface area contributed by atoms with Crippen LogP contribution in [0.25, 0.3) is 10.8 Å². The van der Waals surface area contributed by atoms with Gasteiger partial charge in [0.2, 0.25) is 11.8 Å². The number of benzene rings is 3. The molecule has 0 aliphatic carbocycles. The summed E-state index contributed by atoms with van der Waals surface area (Å²) < 4.78 is 0. The van der Waals surface area contributed by atoms with E-state index in [1.54, 1.807) is 7.05 Å². The van der Waals surface area contributed by atoms with Crippen molar-refractivity contribution < 1.29 is 9.59 Å². The third-order valence-electron chi connectivity index (χ3n) is 7.29. The van der Waals surface area contributed by atoms with E-state index in [0.717, 1.165) is 43.7 Å². The second-order valence-electron chi connectivity index (χ2n) is 9.29. The van der Waals surface area contributed by atoms with Gasteiger partial charge in [0.15, 0.2) is 0 Å². The maximum atomic E-state index is 13.4. The average Bonchev–Trinajstić information content (AvgIpc) is 3.11. The quantitative estimate of drug-likeness (QED) is 0.639. The minimum atomic E-state index is -0.377. The standard InChI is InChI=1S/C28H31N3O2/c1-19-7-5-8-20-9-6-10-21(27(19)20)18-30-15-13-22(14-16-30)31-25-12-4-3-11-23(25)24(28(31)33)17-26(32)29-2/h3-12,22,24H,13-18H2,1-2H3,(H,29,32). The number of hydrogen-bond donors (Lipinski definition) is 1. The van der Waals surface area contributed by atoms with E-state index < -0.39 is 0 Å². The minimum Gasteiger partial charge on any atom is -0.359 e. The van der Waals surface area contributed by atoms with Crippen molar-refractivity contribution in [3.63, 3.8) is 0 Å². The predicted molar refractivity (Wildman–Crippen MR) is 132 cm³/mol. The monoisotopic (exact) mass is 441 g/mol. The second-order valence-corrected chi connectivity index (χ2v) is 9.29. The Hall–Kier alpha value is -3.18. The first-order chi connectivity index (χ1) is 16.1. The van der Waals surface area contributed by atoms with Crippen molar-refractivity contribution in [2.45, 2.75) is 44.7 Å². The van der Waals surface area contributed by atoms with Crippen molar-refractivity contribution >= 4 is 28.3 Å². The van der Waals surface area contributed by atoms with Gasteiger partial charge in [-0.25, -0.2) is 0 Å². The van der Waals surface area contributed by atoms with Gasteiger partial charge in [-0.05, 0) is 53.3 Å². The van der Waals surface area contributed by atoms with Crippen molar-refractivity contribution in [3.05, 3.63) is 77.4 Å². The molecule has 5 nitrogen and oxygen atoms in total. The SMILES string of the molecule is CNC(=O)CC1C(=O)N(C2CCN(Cc3cccc4cccc(C)c34)CC2)c2ccccc21. The van der Waals surface area contributed by atoms with E-state index in [-0.39, 0.29) is 30.2 Å². The highest BCUT2D eigenvalue weighted by atomic mass is 16.2. The molecule has 0 spiro atoms. The molecule has 2 heterocycles. The minimum absolute atomic E-state index is 0.0722. The fourth-order valence-electron chi connectivity index (χ4n) is 5.61. The molecule has 2 aliphatic heterocycles. The van der Waals surface area contributed by atoms with Crippen molar-refractivity contribution in [3.8, 4) is 0 Å². The maximum absolute atomic E-state index is 13.4. The summed E-state index contributed by atoms with van der Waals surface area (Å²) >= 11 is 0. The summed E-state index contributed by atoms with van der Waals surface area (Å²) in [6.45, 7) is 5.03. The van der Waals surface area contributed by atoms with E-state index >= 15 is 0 Å². The second kappa shape index (κ2) is 8.99. The number of nitrogens with one attached hydrogen (secondary N) is 1. The number of hydrogen-bond acceptors (Lipinski definition) is 3. The number of anilines is 1.